The van der Waals surface area contributed by atoms with Crippen LogP contribution in [0.1, 0.15) is 21.5 Å². The number of nitrogens with zero attached hydrogens (tertiary/aromatic N) is 2. The Bertz CT molecular complexity index is 924. The zero-order valence-corrected chi connectivity index (χ0v) is 14.6. The van der Waals surface area contributed by atoms with Gasteiger partial charge < -0.3 is 11.5 Å². The van der Waals surface area contributed by atoms with Crippen LogP contribution >= 0.6 is 11.8 Å². The predicted molar refractivity (Wildman–Crippen MR) is 93.5 cm³/mol. The number of alkyl halides is 3. The second kappa shape index (κ2) is 7.66. The largest absolute Gasteiger partial charge is 0.416 e. The number of nitro groups is 1. The van der Waals surface area contributed by atoms with Gasteiger partial charge in [0.1, 0.15) is 0 Å². The van der Waals surface area contributed by atoms with Crippen LogP contribution in [0.15, 0.2) is 51.2 Å². The molecule has 142 valence electrons. The fourth-order valence-electron chi connectivity index (χ4n) is 2.14. The maximum atomic E-state index is 12.6. The molecule has 11 heteroatoms. The van der Waals surface area contributed by atoms with E-state index in [1.807, 2.05) is 0 Å². The highest BCUT2D eigenvalue weighted by atomic mass is 32.2. The number of hydrogen-bond acceptors (Lipinski definition) is 4. The zero-order chi connectivity index (χ0) is 20.4. The monoisotopic (exact) mass is 398 g/mol. The summed E-state index contributed by atoms with van der Waals surface area (Å²) in [5, 5.41) is 11.4. The highest BCUT2D eigenvalue weighted by Gasteiger charge is 2.30. The number of carbonyl (C=O) groups excluding carboxylic acids is 1. The molecule has 0 atom stereocenters. The van der Waals surface area contributed by atoms with Gasteiger partial charge in [-0.1, -0.05) is 11.8 Å². The van der Waals surface area contributed by atoms with Crippen molar-refractivity contribution in [3.05, 3.63) is 63.2 Å². The highest BCUT2D eigenvalue weighted by molar-refractivity contribution is 7.99. The molecule has 4 N–H and O–H groups in total. The molecule has 0 aromatic heterocycles. The molecule has 1 amide bonds. The number of rotatable bonds is 4. The van der Waals surface area contributed by atoms with Crippen molar-refractivity contribution in [2.24, 2.45) is 16.5 Å². The molecule has 27 heavy (non-hydrogen) atoms. The van der Waals surface area contributed by atoms with Crippen LogP contribution in [0.25, 0.3) is 0 Å². The van der Waals surface area contributed by atoms with Gasteiger partial charge in [-0.3, -0.25) is 14.9 Å². The van der Waals surface area contributed by atoms with Crippen LogP contribution in [-0.4, -0.2) is 16.8 Å². The minimum absolute atomic E-state index is 0.0492. The van der Waals surface area contributed by atoms with Gasteiger partial charge in [0.05, 0.1) is 20.9 Å². The van der Waals surface area contributed by atoms with Crippen LogP contribution in [0.4, 0.5) is 18.9 Å². The smallest absolute Gasteiger partial charge is 0.370 e. The van der Waals surface area contributed by atoms with E-state index < -0.39 is 28.5 Å². The Balaban J connectivity index is 2.42. The molecule has 0 aliphatic rings. The Morgan fingerprint density at radius 2 is 1.78 bits per heavy atom. The maximum absolute atomic E-state index is 12.6. The number of guanidine groups is 1. The van der Waals surface area contributed by atoms with Gasteiger partial charge in [0, 0.05) is 11.0 Å². The van der Waals surface area contributed by atoms with Gasteiger partial charge in [-0.15, -0.1) is 0 Å². The molecule has 2 aromatic rings. The summed E-state index contributed by atoms with van der Waals surface area (Å²) in [5.41, 5.74) is 9.40. The molecule has 0 fully saturated rings. The zero-order valence-electron chi connectivity index (χ0n) is 13.8. The van der Waals surface area contributed by atoms with E-state index in [9.17, 15) is 28.1 Å². The quantitative estimate of drug-likeness (QED) is 0.352. The summed E-state index contributed by atoms with van der Waals surface area (Å²) in [6.07, 6.45) is -4.47. The average Bonchev–Trinajstić information content (AvgIpc) is 2.53. The fraction of sp³-hybridized carbons (Fsp3) is 0.125. The summed E-state index contributed by atoms with van der Waals surface area (Å²) < 4.78 is 37.9. The van der Waals surface area contributed by atoms with E-state index in [2.05, 4.69) is 4.99 Å². The average molecular weight is 398 g/mol. The lowest BCUT2D eigenvalue weighted by Gasteiger charge is -2.09. The molecule has 7 nitrogen and oxygen atoms in total. The second-order valence-electron chi connectivity index (χ2n) is 5.36. The van der Waals surface area contributed by atoms with Crippen molar-refractivity contribution >= 4 is 29.3 Å². The highest BCUT2D eigenvalue weighted by Crippen LogP contribution is 2.38. The van der Waals surface area contributed by atoms with E-state index in [0.717, 1.165) is 30.0 Å². The minimum atomic E-state index is -4.47. The van der Waals surface area contributed by atoms with E-state index in [4.69, 9.17) is 11.5 Å². The summed E-state index contributed by atoms with van der Waals surface area (Å²) in [6, 6.07) is 6.62. The predicted octanol–water partition coefficient (Wildman–Crippen LogP) is 3.49. The molecular weight excluding hydrogens is 385 g/mol. The normalized spacial score (nSPS) is 11.1. The third-order valence-corrected chi connectivity index (χ3v) is 4.43. The van der Waals surface area contributed by atoms with Crippen molar-refractivity contribution in [3.63, 3.8) is 0 Å². The second-order valence-corrected chi connectivity index (χ2v) is 6.47. The van der Waals surface area contributed by atoms with Crippen molar-refractivity contribution < 1.29 is 22.9 Å². The van der Waals surface area contributed by atoms with Crippen LogP contribution in [0.3, 0.4) is 0 Å². The number of carbonyl (C=O) groups is 1. The van der Waals surface area contributed by atoms with Crippen LogP contribution in [0.2, 0.25) is 0 Å². The van der Waals surface area contributed by atoms with E-state index >= 15 is 0 Å². The number of nitro benzene ring substituents is 1. The van der Waals surface area contributed by atoms with Crippen LogP contribution in [0, 0.1) is 17.0 Å². The van der Waals surface area contributed by atoms with Crippen LogP contribution in [0.5, 0.6) is 0 Å². The summed E-state index contributed by atoms with van der Waals surface area (Å²) in [5.74, 6) is -1.31. The van der Waals surface area contributed by atoms with Gasteiger partial charge in [-0.05, 0) is 42.8 Å². The molecular formula is C16H13F3N4O3S. The third kappa shape index (κ3) is 4.97. The summed E-state index contributed by atoms with van der Waals surface area (Å²) in [6.45, 7) is 1.54. The summed E-state index contributed by atoms with van der Waals surface area (Å²) in [7, 11) is 0. The Kier molecular flexibility index (Phi) is 5.74. The fourth-order valence-corrected chi connectivity index (χ4v) is 3.14. The van der Waals surface area contributed by atoms with Crippen molar-refractivity contribution in [2.75, 3.05) is 0 Å². The minimum Gasteiger partial charge on any atom is -0.370 e. The van der Waals surface area contributed by atoms with Gasteiger partial charge >= 0.3 is 6.18 Å². The van der Waals surface area contributed by atoms with E-state index in [1.54, 1.807) is 0 Å². The first-order valence-corrected chi connectivity index (χ1v) is 8.09. The number of halogens is 3. The van der Waals surface area contributed by atoms with Crippen molar-refractivity contribution in [1.29, 1.82) is 0 Å². The lowest BCUT2D eigenvalue weighted by molar-refractivity contribution is -0.387. The number of nitrogens with two attached hydrogens (primary N) is 2. The molecule has 0 saturated carbocycles. The van der Waals surface area contributed by atoms with E-state index in [0.29, 0.717) is 10.5 Å². The number of benzene rings is 2. The number of amides is 1. The lowest BCUT2D eigenvalue weighted by atomic mass is 10.1. The number of hydrogen-bond donors (Lipinski definition) is 2. The first kappa shape index (κ1) is 20.2. The van der Waals surface area contributed by atoms with Gasteiger partial charge in [-0.25, -0.2) is 0 Å². The topological polar surface area (TPSA) is 125 Å². The molecule has 2 aromatic carbocycles. The van der Waals surface area contributed by atoms with Crippen LogP contribution in [-0.2, 0) is 6.18 Å². The molecule has 0 aliphatic carbocycles. The molecule has 0 saturated heterocycles. The standard InChI is InChI=1S/C16H13F3N4O3S/c1-8-6-13(27-10-4-2-9(3-5-10)16(17,18)19)12(23(25)26)7-11(8)14(24)22-15(20)21/h2-7H,1H3,(H4,20,21,22,24). The van der Waals surface area contributed by atoms with E-state index in [-0.39, 0.29) is 16.1 Å². The van der Waals surface area contributed by atoms with Crippen LogP contribution < -0.4 is 11.5 Å². The number of aliphatic imine (C=N–C) groups is 1. The summed E-state index contributed by atoms with van der Waals surface area (Å²) in [4.78, 5) is 26.5. The van der Waals surface area contributed by atoms with Gasteiger partial charge in [0.2, 0.25) is 0 Å². The Morgan fingerprint density at radius 1 is 1.19 bits per heavy atom. The Labute approximate surface area is 155 Å². The van der Waals surface area contributed by atoms with Crippen molar-refractivity contribution in [3.8, 4) is 0 Å². The SMILES string of the molecule is Cc1cc(Sc2ccc(C(F)(F)F)cc2)c([N+](=O)[O-])cc1C(=O)N=C(N)N. The number of aryl methyl sites for hydroxylation is 1. The molecule has 0 heterocycles. The van der Waals surface area contributed by atoms with Crippen molar-refractivity contribution in [2.45, 2.75) is 22.9 Å². The molecule has 0 bridgehead atoms. The first-order valence-electron chi connectivity index (χ1n) is 7.27. The molecule has 0 unspecified atom stereocenters. The molecule has 0 spiro atoms. The van der Waals surface area contributed by atoms with Crippen molar-refractivity contribution in [1.82, 2.24) is 0 Å². The van der Waals surface area contributed by atoms with Gasteiger partial charge in [0.25, 0.3) is 11.6 Å². The Morgan fingerprint density at radius 3 is 2.26 bits per heavy atom. The lowest BCUT2D eigenvalue weighted by Crippen LogP contribution is -2.24. The maximum Gasteiger partial charge on any atom is 0.416 e. The van der Waals surface area contributed by atoms with Gasteiger partial charge in [0.15, 0.2) is 5.96 Å². The van der Waals surface area contributed by atoms with E-state index in [1.165, 1.54) is 25.1 Å². The Hall–Kier alpha value is -3.08. The first-order chi connectivity index (χ1) is 12.5. The summed E-state index contributed by atoms with van der Waals surface area (Å²) >= 11 is 0.905. The van der Waals surface area contributed by atoms with Gasteiger partial charge in [-0.2, -0.15) is 18.2 Å². The molecule has 0 radical (unpaired) electrons. The third-order valence-electron chi connectivity index (χ3n) is 3.37. The molecule has 2 rings (SSSR count). The molecule has 0 aliphatic heterocycles.